The number of rotatable bonds is 10. The molecule has 0 saturated heterocycles. The lowest BCUT2D eigenvalue weighted by Crippen LogP contribution is -2.39. The van der Waals surface area contributed by atoms with Crippen LogP contribution >= 0.6 is 23.2 Å². The van der Waals surface area contributed by atoms with Crippen molar-refractivity contribution in [3.63, 3.8) is 0 Å². The number of halogens is 3. The molecule has 0 aliphatic rings. The quantitative estimate of drug-likeness (QED) is 0.242. The van der Waals surface area contributed by atoms with Gasteiger partial charge in [-0.3, -0.25) is 19.2 Å². The smallest absolute Gasteiger partial charge is 0.325 e. The molecule has 3 aromatic carbocycles. The Hall–Kier alpha value is -3.95. The van der Waals surface area contributed by atoms with Crippen molar-refractivity contribution in [2.75, 3.05) is 25.0 Å². The van der Waals surface area contributed by atoms with E-state index in [-0.39, 0.29) is 52.1 Å². The lowest BCUT2D eigenvalue weighted by Gasteiger charge is -2.12. The topological polar surface area (TPSA) is 114 Å². The number of carbonyl (C=O) groups excluding carboxylic acids is 4. The number of ketones is 1. The molecular weight excluding hydrogens is 536 g/mol. The maximum atomic E-state index is 14.1. The fourth-order valence-corrected chi connectivity index (χ4v) is 3.81. The third-order valence-electron chi connectivity index (χ3n) is 5.31. The molecule has 11 heteroatoms. The third-order valence-corrected chi connectivity index (χ3v) is 5.86. The van der Waals surface area contributed by atoms with Crippen molar-refractivity contribution in [2.45, 2.75) is 13.8 Å². The molecule has 3 rings (SSSR count). The van der Waals surface area contributed by atoms with Gasteiger partial charge in [0.2, 0.25) is 5.91 Å². The van der Waals surface area contributed by atoms with E-state index in [9.17, 15) is 23.6 Å². The van der Waals surface area contributed by atoms with E-state index in [0.29, 0.717) is 11.3 Å². The Bertz CT molecular complexity index is 1400. The summed E-state index contributed by atoms with van der Waals surface area (Å²) >= 11 is 12.2. The first-order chi connectivity index (χ1) is 18.1. The molecule has 3 aromatic rings. The van der Waals surface area contributed by atoms with Crippen molar-refractivity contribution in [1.29, 1.82) is 0 Å². The van der Waals surface area contributed by atoms with E-state index in [2.05, 4.69) is 16.0 Å². The van der Waals surface area contributed by atoms with Crippen LogP contribution in [0.3, 0.4) is 0 Å². The Labute approximate surface area is 228 Å². The summed E-state index contributed by atoms with van der Waals surface area (Å²) in [4.78, 5) is 49.1. The minimum Gasteiger partial charge on any atom is -0.465 e. The lowest BCUT2D eigenvalue weighted by atomic mass is 9.96. The summed E-state index contributed by atoms with van der Waals surface area (Å²) < 4.78 is 18.8. The highest BCUT2D eigenvalue weighted by molar-refractivity contribution is 6.35. The number of aryl methyl sites for hydroxylation is 1. The predicted molar refractivity (Wildman–Crippen MR) is 143 cm³/mol. The molecule has 3 N–H and O–H groups in total. The average Bonchev–Trinajstić information content (AvgIpc) is 2.88. The number of ether oxygens (including phenoxy) is 1. The van der Waals surface area contributed by atoms with Crippen molar-refractivity contribution in [3.8, 4) is 0 Å². The number of anilines is 2. The number of hydrogen-bond donors (Lipinski definition) is 3. The van der Waals surface area contributed by atoms with E-state index in [4.69, 9.17) is 27.9 Å². The Morgan fingerprint density at radius 2 is 1.66 bits per heavy atom. The number of nitrogens with one attached hydrogen (secondary N) is 3. The summed E-state index contributed by atoms with van der Waals surface area (Å²) in [5, 5.41) is 8.05. The zero-order chi connectivity index (χ0) is 27.8. The third kappa shape index (κ3) is 7.53. The first kappa shape index (κ1) is 28.6. The Balaban J connectivity index is 1.70. The number of carbonyl (C=O) groups is 4. The van der Waals surface area contributed by atoms with E-state index >= 15 is 0 Å². The van der Waals surface area contributed by atoms with Gasteiger partial charge in [-0.05, 0) is 67.9 Å². The molecule has 0 atom stereocenters. The van der Waals surface area contributed by atoms with Crippen LogP contribution in [-0.2, 0) is 14.3 Å². The molecular formula is C27H24Cl2FN3O5. The Morgan fingerprint density at radius 3 is 2.34 bits per heavy atom. The molecule has 0 heterocycles. The van der Waals surface area contributed by atoms with Crippen LogP contribution in [0.15, 0.2) is 54.6 Å². The number of benzene rings is 3. The van der Waals surface area contributed by atoms with E-state index in [0.717, 1.165) is 0 Å². The van der Waals surface area contributed by atoms with Gasteiger partial charge < -0.3 is 20.7 Å². The standard InChI is InChI=1S/C27H24Cl2FN3O5/c1-3-38-25(35)14-31-24(34)13-32-27(37)16-5-4-15(2)20(10-16)26(36)19-8-7-18(12-21(19)29)33-23-9-6-17(28)11-22(23)30/h4-12,33H,3,13-14H2,1-2H3,(H,31,34)(H,32,37). The number of amides is 2. The normalized spacial score (nSPS) is 10.4. The molecule has 0 spiro atoms. The second-order valence-corrected chi connectivity index (χ2v) is 8.91. The average molecular weight is 560 g/mol. The minimum atomic E-state index is -0.589. The maximum absolute atomic E-state index is 14.1. The van der Waals surface area contributed by atoms with Crippen LogP contribution in [0.2, 0.25) is 10.0 Å². The molecule has 8 nitrogen and oxygen atoms in total. The second kappa shape index (κ2) is 13.0. The molecule has 0 radical (unpaired) electrons. The van der Waals surface area contributed by atoms with Gasteiger partial charge in [0.15, 0.2) is 5.78 Å². The highest BCUT2D eigenvalue weighted by atomic mass is 35.5. The molecule has 38 heavy (non-hydrogen) atoms. The molecule has 0 bridgehead atoms. The molecule has 0 aliphatic heterocycles. The second-order valence-electron chi connectivity index (χ2n) is 8.07. The van der Waals surface area contributed by atoms with Crippen molar-refractivity contribution >= 4 is 58.1 Å². The lowest BCUT2D eigenvalue weighted by molar-refractivity contribution is -0.143. The van der Waals surface area contributed by atoms with Gasteiger partial charge in [0.05, 0.1) is 23.9 Å². The molecule has 0 unspecified atom stereocenters. The summed E-state index contributed by atoms with van der Waals surface area (Å²) in [7, 11) is 0. The van der Waals surface area contributed by atoms with Gasteiger partial charge in [0.1, 0.15) is 12.4 Å². The summed E-state index contributed by atoms with van der Waals surface area (Å²) in [5.74, 6) is -2.71. The van der Waals surface area contributed by atoms with Crippen molar-refractivity contribution in [1.82, 2.24) is 10.6 Å². The van der Waals surface area contributed by atoms with Crippen molar-refractivity contribution in [3.05, 3.63) is 92.7 Å². The molecule has 0 fully saturated rings. The van der Waals surface area contributed by atoms with Crippen molar-refractivity contribution in [2.24, 2.45) is 0 Å². The zero-order valence-electron chi connectivity index (χ0n) is 20.5. The maximum Gasteiger partial charge on any atom is 0.325 e. The van der Waals surface area contributed by atoms with Gasteiger partial charge >= 0.3 is 5.97 Å². The monoisotopic (exact) mass is 559 g/mol. The molecule has 0 saturated carbocycles. The van der Waals surface area contributed by atoms with Crippen LogP contribution in [0.1, 0.15) is 38.8 Å². The van der Waals surface area contributed by atoms with E-state index < -0.39 is 29.4 Å². The first-order valence-electron chi connectivity index (χ1n) is 11.5. The largest absolute Gasteiger partial charge is 0.465 e. The van der Waals surface area contributed by atoms with Gasteiger partial charge in [0, 0.05) is 27.4 Å². The van der Waals surface area contributed by atoms with Gasteiger partial charge in [-0.2, -0.15) is 0 Å². The van der Waals surface area contributed by atoms with Gasteiger partial charge in [-0.25, -0.2) is 4.39 Å². The Morgan fingerprint density at radius 1 is 0.895 bits per heavy atom. The van der Waals surface area contributed by atoms with Gasteiger partial charge in [-0.15, -0.1) is 0 Å². The summed E-state index contributed by atoms with van der Waals surface area (Å²) in [6, 6.07) is 13.3. The van der Waals surface area contributed by atoms with Gasteiger partial charge in [0.25, 0.3) is 5.91 Å². The SMILES string of the molecule is CCOC(=O)CNC(=O)CNC(=O)c1ccc(C)c(C(=O)c2ccc(Nc3ccc(Cl)cc3F)cc2Cl)c1. The fraction of sp³-hybridized carbons (Fsp3) is 0.185. The summed E-state index contributed by atoms with van der Waals surface area (Å²) in [6.45, 7) is 2.87. The van der Waals surface area contributed by atoms with Crippen LogP contribution in [0.25, 0.3) is 0 Å². The predicted octanol–water partition coefficient (Wildman–Crippen LogP) is 4.82. The van der Waals surface area contributed by atoms with E-state index in [1.165, 1.54) is 42.5 Å². The zero-order valence-corrected chi connectivity index (χ0v) is 22.0. The summed E-state index contributed by atoms with van der Waals surface area (Å²) in [6.07, 6.45) is 0. The first-order valence-corrected chi connectivity index (χ1v) is 12.2. The van der Waals surface area contributed by atoms with Crippen molar-refractivity contribution < 1.29 is 28.3 Å². The van der Waals surface area contributed by atoms with Crippen LogP contribution < -0.4 is 16.0 Å². The Kier molecular flexibility index (Phi) is 9.81. The molecule has 2 amide bonds. The van der Waals surface area contributed by atoms with E-state index in [1.54, 1.807) is 26.0 Å². The minimum absolute atomic E-state index is 0.127. The highest BCUT2D eigenvalue weighted by Crippen LogP contribution is 2.28. The number of esters is 1. The molecule has 0 aliphatic carbocycles. The molecule has 0 aromatic heterocycles. The summed E-state index contributed by atoms with van der Waals surface area (Å²) in [5.41, 5.74) is 1.85. The molecule has 198 valence electrons. The van der Waals surface area contributed by atoms with E-state index in [1.807, 2.05) is 0 Å². The highest BCUT2D eigenvalue weighted by Gasteiger charge is 2.18. The van der Waals surface area contributed by atoms with Crippen LogP contribution in [-0.4, -0.2) is 43.3 Å². The van der Waals surface area contributed by atoms with Crippen LogP contribution in [0, 0.1) is 12.7 Å². The van der Waals surface area contributed by atoms with Gasteiger partial charge in [-0.1, -0.05) is 29.3 Å². The van der Waals surface area contributed by atoms with Crippen LogP contribution in [0.4, 0.5) is 15.8 Å². The van der Waals surface area contributed by atoms with Crippen LogP contribution in [0.5, 0.6) is 0 Å². The number of hydrogen-bond acceptors (Lipinski definition) is 6. The fourth-order valence-electron chi connectivity index (χ4n) is 3.38.